The lowest BCUT2D eigenvalue weighted by Crippen LogP contribution is -2.33. The Morgan fingerprint density at radius 1 is 1.23 bits per heavy atom. The number of hydrogen-bond acceptors (Lipinski definition) is 6. The van der Waals surface area contributed by atoms with Gasteiger partial charge >= 0.3 is 0 Å². The summed E-state index contributed by atoms with van der Waals surface area (Å²) in [7, 11) is 0. The Kier molecular flexibility index (Phi) is 6.47. The molecule has 2 aromatic rings. The third-order valence-corrected chi connectivity index (χ3v) is 5.50. The van der Waals surface area contributed by atoms with Crippen molar-refractivity contribution in [1.82, 2.24) is 15.6 Å². The van der Waals surface area contributed by atoms with Crippen molar-refractivity contribution in [3.63, 3.8) is 0 Å². The molecule has 0 spiro atoms. The number of carbonyl (C=O) groups is 1. The van der Waals surface area contributed by atoms with Crippen LogP contribution in [0.25, 0.3) is 4.85 Å². The van der Waals surface area contributed by atoms with E-state index in [-0.39, 0.29) is 18.8 Å². The van der Waals surface area contributed by atoms with E-state index in [1.54, 1.807) is 30.5 Å². The summed E-state index contributed by atoms with van der Waals surface area (Å²) in [5, 5.41) is 6.87. The highest BCUT2D eigenvalue weighted by Crippen LogP contribution is 2.30. The first-order valence-corrected chi connectivity index (χ1v) is 10.3. The van der Waals surface area contributed by atoms with Crippen molar-refractivity contribution in [2.75, 3.05) is 26.2 Å². The van der Waals surface area contributed by atoms with Gasteiger partial charge < -0.3 is 15.4 Å². The van der Waals surface area contributed by atoms with Crippen LogP contribution in [0.3, 0.4) is 0 Å². The third-order valence-electron chi connectivity index (χ3n) is 5.50. The van der Waals surface area contributed by atoms with E-state index in [1.165, 1.54) is 12.8 Å². The van der Waals surface area contributed by atoms with E-state index >= 15 is 0 Å². The predicted octanol–water partition coefficient (Wildman–Crippen LogP) is 3.46. The maximum absolute atomic E-state index is 12.7. The Morgan fingerprint density at radius 2 is 2.07 bits per heavy atom. The first-order valence-electron chi connectivity index (χ1n) is 10.3. The molecule has 2 aliphatic rings. The fourth-order valence-electron chi connectivity index (χ4n) is 3.85. The van der Waals surface area contributed by atoms with Crippen molar-refractivity contribution in [2.45, 2.75) is 25.8 Å². The SMILES string of the molecule is [C-]#[N+]c1ccccc1OCC1=Nc2c(ccnc2CNCC2CCNCC2)C(=O)C1. The number of carbonyl (C=O) groups excluding carboxylic acids is 1. The number of hydrogen-bond donors (Lipinski definition) is 2. The molecule has 0 radical (unpaired) electrons. The molecule has 2 aliphatic heterocycles. The van der Waals surface area contributed by atoms with E-state index in [0.717, 1.165) is 25.3 Å². The van der Waals surface area contributed by atoms with Gasteiger partial charge in [-0.3, -0.25) is 14.8 Å². The van der Waals surface area contributed by atoms with E-state index < -0.39 is 0 Å². The molecule has 1 aromatic heterocycles. The molecule has 1 saturated heterocycles. The average molecular weight is 403 g/mol. The summed E-state index contributed by atoms with van der Waals surface area (Å²) in [6, 6.07) is 8.82. The topological polar surface area (TPSA) is 80.0 Å². The summed E-state index contributed by atoms with van der Waals surface area (Å²) in [5.41, 5.74) is 3.15. The van der Waals surface area contributed by atoms with Crippen LogP contribution in [0.2, 0.25) is 0 Å². The molecule has 0 bridgehead atoms. The highest BCUT2D eigenvalue weighted by atomic mass is 16.5. The van der Waals surface area contributed by atoms with Crippen LogP contribution in [0, 0.1) is 12.5 Å². The van der Waals surface area contributed by atoms with Gasteiger partial charge in [-0.15, -0.1) is 0 Å². The fourth-order valence-corrected chi connectivity index (χ4v) is 3.85. The molecule has 0 amide bonds. The van der Waals surface area contributed by atoms with Gasteiger partial charge in [0.05, 0.1) is 30.1 Å². The molecular weight excluding hydrogens is 378 g/mol. The molecule has 1 aromatic carbocycles. The zero-order chi connectivity index (χ0) is 20.8. The maximum atomic E-state index is 12.7. The van der Waals surface area contributed by atoms with Crippen molar-refractivity contribution in [3.05, 3.63) is 59.2 Å². The van der Waals surface area contributed by atoms with Crippen LogP contribution in [-0.2, 0) is 6.54 Å². The van der Waals surface area contributed by atoms with E-state index in [1.807, 2.05) is 6.07 Å². The minimum atomic E-state index is 0.0269. The minimum Gasteiger partial charge on any atom is -0.499 e. The largest absolute Gasteiger partial charge is 0.499 e. The molecule has 2 N–H and O–H groups in total. The molecule has 0 saturated carbocycles. The minimum absolute atomic E-state index is 0.0269. The van der Waals surface area contributed by atoms with Gasteiger partial charge in [0.25, 0.3) is 0 Å². The van der Waals surface area contributed by atoms with Crippen LogP contribution in [0.5, 0.6) is 5.75 Å². The van der Waals surface area contributed by atoms with Crippen molar-refractivity contribution >= 4 is 22.9 Å². The number of piperidine rings is 1. The van der Waals surface area contributed by atoms with Gasteiger partial charge in [-0.1, -0.05) is 18.2 Å². The number of benzene rings is 1. The van der Waals surface area contributed by atoms with Gasteiger partial charge in [0.1, 0.15) is 12.4 Å². The highest BCUT2D eigenvalue weighted by molar-refractivity contribution is 6.16. The third kappa shape index (κ3) is 4.73. The van der Waals surface area contributed by atoms with Crippen LogP contribution >= 0.6 is 0 Å². The molecule has 4 rings (SSSR count). The summed E-state index contributed by atoms with van der Waals surface area (Å²) >= 11 is 0. The van der Waals surface area contributed by atoms with Crippen LogP contribution < -0.4 is 15.4 Å². The quantitative estimate of drug-likeness (QED) is 0.692. The zero-order valence-electron chi connectivity index (χ0n) is 16.9. The van der Waals surface area contributed by atoms with Crippen molar-refractivity contribution in [1.29, 1.82) is 0 Å². The van der Waals surface area contributed by atoms with Gasteiger partial charge in [-0.05, 0) is 50.5 Å². The Bertz CT molecular complexity index is 989. The monoisotopic (exact) mass is 403 g/mol. The number of aromatic nitrogens is 1. The normalized spacial score (nSPS) is 16.5. The lowest BCUT2D eigenvalue weighted by Gasteiger charge is -2.23. The Balaban J connectivity index is 1.45. The maximum Gasteiger partial charge on any atom is 0.228 e. The van der Waals surface area contributed by atoms with Crippen LogP contribution in [0.1, 0.15) is 35.3 Å². The number of nitrogens with one attached hydrogen (secondary N) is 2. The summed E-state index contributed by atoms with van der Waals surface area (Å²) in [4.78, 5) is 25.3. The van der Waals surface area contributed by atoms with Gasteiger partial charge in [-0.2, -0.15) is 0 Å². The lowest BCUT2D eigenvalue weighted by atomic mass is 9.98. The van der Waals surface area contributed by atoms with E-state index in [2.05, 4.69) is 20.5 Å². The number of Topliss-reactive ketones (excluding diaryl/α,β-unsaturated/α-hetero) is 1. The molecule has 1 fully saturated rings. The molecule has 0 aliphatic carbocycles. The molecule has 7 heteroatoms. The van der Waals surface area contributed by atoms with Gasteiger partial charge in [0.2, 0.25) is 5.69 Å². The number of para-hydroxylation sites is 2. The average Bonchev–Trinajstić information content (AvgIpc) is 2.79. The molecule has 3 heterocycles. The summed E-state index contributed by atoms with van der Waals surface area (Å²) in [6.07, 6.45) is 4.26. The molecule has 0 unspecified atom stereocenters. The Labute approximate surface area is 176 Å². The summed E-state index contributed by atoms with van der Waals surface area (Å²) in [6.45, 7) is 11.1. The number of ketones is 1. The second-order valence-corrected chi connectivity index (χ2v) is 7.62. The molecule has 30 heavy (non-hydrogen) atoms. The van der Waals surface area contributed by atoms with Crippen molar-refractivity contribution < 1.29 is 9.53 Å². The van der Waals surface area contributed by atoms with Gasteiger partial charge in [-0.25, -0.2) is 4.85 Å². The number of pyridine rings is 1. The molecular formula is C23H25N5O2. The second kappa shape index (κ2) is 9.61. The Morgan fingerprint density at radius 3 is 2.90 bits per heavy atom. The van der Waals surface area contributed by atoms with Crippen molar-refractivity contribution in [2.24, 2.45) is 10.9 Å². The number of nitrogens with zero attached hydrogens (tertiary/aromatic N) is 3. The number of fused-ring (bicyclic) bond motifs is 1. The van der Waals surface area contributed by atoms with Crippen LogP contribution in [-0.4, -0.2) is 42.7 Å². The lowest BCUT2D eigenvalue weighted by molar-refractivity contribution is 0.0998. The summed E-state index contributed by atoms with van der Waals surface area (Å²) < 4.78 is 5.79. The second-order valence-electron chi connectivity index (χ2n) is 7.62. The fraction of sp³-hybridized carbons (Fsp3) is 0.391. The van der Waals surface area contributed by atoms with E-state index in [0.29, 0.717) is 40.9 Å². The highest BCUT2D eigenvalue weighted by Gasteiger charge is 2.23. The molecule has 7 nitrogen and oxygen atoms in total. The standard InChI is InChI=1S/C23H25N5O2/c1-24-19-4-2-3-5-22(19)30-15-17-12-21(29)18-8-11-27-20(23(18)28-17)14-26-13-16-6-9-25-10-7-16/h2-5,8,11,16,25-26H,6-7,9-10,12-15H2. The van der Waals surface area contributed by atoms with Crippen molar-refractivity contribution in [3.8, 4) is 5.75 Å². The molecule has 0 atom stereocenters. The molecule has 154 valence electrons. The number of aliphatic imine (C=N–C) groups is 1. The Hall–Kier alpha value is -3.08. The van der Waals surface area contributed by atoms with Gasteiger partial charge in [0.15, 0.2) is 5.78 Å². The first-order chi connectivity index (χ1) is 14.7. The smallest absolute Gasteiger partial charge is 0.228 e. The predicted molar refractivity (Wildman–Crippen MR) is 116 cm³/mol. The zero-order valence-corrected chi connectivity index (χ0v) is 16.9. The van der Waals surface area contributed by atoms with Crippen LogP contribution in [0.15, 0.2) is 41.5 Å². The number of ether oxygens (including phenoxy) is 1. The number of rotatable bonds is 7. The van der Waals surface area contributed by atoms with E-state index in [9.17, 15) is 4.79 Å². The van der Waals surface area contributed by atoms with Crippen LogP contribution in [0.4, 0.5) is 11.4 Å². The summed E-state index contributed by atoms with van der Waals surface area (Å²) in [5.74, 6) is 1.20. The first kappa shape index (κ1) is 20.2. The van der Waals surface area contributed by atoms with E-state index in [4.69, 9.17) is 16.3 Å². The van der Waals surface area contributed by atoms with Gasteiger partial charge in [0, 0.05) is 18.3 Å².